The van der Waals surface area contributed by atoms with Crippen molar-refractivity contribution >= 4 is 5.69 Å². The number of hydrogen-bond acceptors (Lipinski definition) is 3. The number of nitrogens with zero attached hydrogens (tertiary/aromatic N) is 2. The maximum Gasteiger partial charge on any atom is 0.255 e. The molecule has 102 valence electrons. The fourth-order valence-corrected chi connectivity index (χ4v) is 1.66. The molecule has 0 aliphatic heterocycles. The summed E-state index contributed by atoms with van der Waals surface area (Å²) < 4.78 is 24.5. The largest absolute Gasteiger partial charge is 0.368 e. The third kappa shape index (κ3) is 4.56. The van der Waals surface area contributed by atoms with Gasteiger partial charge in [-0.05, 0) is 32.0 Å². The first-order valence-corrected chi connectivity index (χ1v) is 6.23. The van der Waals surface area contributed by atoms with Crippen molar-refractivity contribution in [3.8, 4) is 0 Å². The summed E-state index contributed by atoms with van der Waals surface area (Å²) >= 11 is 0. The molecule has 1 heterocycles. The molecule has 0 aliphatic carbocycles. The van der Waals surface area contributed by atoms with E-state index in [1.54, 1.807) is 13.2 Å². The monoisotopic (exact) mass is 257 g/mol. The number of rotatable bonds is 7. The highest BCUT2D eigenvalue weighted by molar-refractivity contribution is 5.43. The number of anilines is 1. The van der Waals surface area contributed by atoms with Crippen molar-refractivity contribution < 1.29 is 8.78 Å². The highest BCUT2D eigenvalue weighted by atomic mass is 19.3. The van der Waals surface area contributed by atoms with E-state index in [9.17, 15) is 8.78 Å². The van der Waals surface area contributed by atoms with Crippen molar-refractivity contribution in [1.29, 1.82) is 0 Å². The van der Waals surface area contributed by atoms with Crippen molar-refractivity contribution in [2.24, 2.45) is 0 Å². The quantitative estimate of drug-likeness (QED) is 0.814. The molecule has 5 heteroatoms. The second-order valence-electron chi connectivity index (χ2n) is 4.39. The van der Waals surface area contributed by atoms with Gasteiger partial charge in [0.15, 0.2) is 0 Å². The number of alkyl halides is 2. The van der Waals surface area contributed by atoms with E-state index in [-0.39, 0.29) is 12.6 Å². The Kier molecular flexibility index (Phi) is 5.98. The van der Waals surface area contributed by atoms with Gasteiger partial charge in [0.2, 0.25) is 0 Å². The summed E-state index contributed by atoms with van der Waals surface area (Å²) in [5.74, 6) is 0. The van der Waals surface area contributed by atoms with Crippen LogP contribution in [-0.4, -0.2) is 31.5 Å². The zero-order valence-electron chi connectivity index (χ0n) is 11.2. The minimum atomic E-state index is -2.33. The molecular weight excluding hydrogens is 236 g/mol. The van der Waals surface area contributed by atoms with E-state index in [0.717, 1.165) is 18.7 Å². The van der Waals surface area contributed by atoms with Crippen molar-refractivity contribution in [2.45, 2.75) is 32.7 Å². The van der Waals surface area contributed by atoms with Gasteiger partial charge in [0, 0.05) is 13.1 Å². The molecule has 1 rings (SSSR count). The molecule has 1 aromatic rings. The molecule has 1 atom stereocenters. The van der Waals surface area contributed by atoms with E-state index in [4.69, 9.17) is 0 Å². The number of nitrogens with one attached hydrogen (secondary N) is 1. The van der Waals surface area contributed by atoms with Crippen molar-refractivity contribution in [2.75, 3.05) is 25.0 Å². The van der Waals surface area contributed by atoms with Gasteiger partial charge in [0.25, 0.3) is 6.43 Å². The van der Waals surface area contributed by atoms with Gasteiger partial charge in [-0.2, -0.15) is 0 Å². The van der Waals surface area contributed by atoms with Crippen LogP contribution in [0.1, 0.15) is 32.0 Å². The summed E-state index contributed by atoms with van der Waals surface area (Å²) in [5.41, 5.74) is 1.64. The normalized spacial score (nSPS) is 12.8. The standard InChI is InChI=1S/C13H21F2N3/c1-4-7-16-10(2)12-6-5-11(8-17-12)18(3)9-13(14)15/h5-6,8,10,13,16H,4,7,9H2,1-3H3. The Hall–Kier alpha value is -1.23. The molecule has 1 unspecified atom stereocenters. The maximum absolute atomic E-state index is 12.2. The lowest BCUT2D eigenvalue weighted by atomic mass is 10.2. The Balaban J connectivity index is 2.61. The van der Waals surface area contributed by atoms with Crippen LogP contribution in [0.5, 0.6) is 0 Å². The summed E-state index contributed by atoms with van der Waals surface area (Å²) in [6.07, 6.45) is 0.376. The summed E-state index contributed by atoms with van der Waals surface area (Å²) in [6.45, 7) is 4.82. The minimum Gasteiger partial charge on any atom is -0.368 e. The Morgan fingerprint density at radius 1 is 1.39 bits per heavy atom. The van der Waals surface area contributed by atoms with Crippen LogP contribution in [0.3, 0.4) is 0 Å². The molecule has 0 amide bonds. The molecule has 0 aromatic carbocycles. The SMILES string of the molecule is CCCNC(C)c1ccc(N(C)CC(F)F)cn1. The lowest BCUT2D eigenvalue weighted by molar-refractivity contribution is 0.156. The van der Waals surface area contributed by atoms with Crippen LogP contribution in [0.15, 0.2) is 18.3 Å². The van der Waals surface area contributed by atoms with Gasteiger partial charge < -0.3 is 10.2 Å². The van der Waals surface area contributed by atoms with Crippen LogP contribution >= 0.6 is 0 Å². The van der Waals surface area contributed by atoms with E-state index >= 15 is 0 Å². The van der Waals surface area contributed by atoms with Crippen LogP contribution in [0.2, 0.25) is 0 Å². The van der Waals surface area contributed by atoms with Crippen LogP contribution in [0.4, 0.5) is 14.5 Å². The second-order valence-corrected chi connectivity index (χ2v) is 4.39. The van der Waals surface area contributed by atoms with Gasteiger partial charge >= 0.3 is 0 Å². The molecule has 0 bridgehead atoms. The zero-order valence-corrected chi connectivity index (χ0v) is 11.2. The summed E-state index contributed by atoms with van der Waals surface area (Å²) in [5, 5.41) is 3.33. The van der Waals surface area contributed by atoms with E-state index in [2.05, 4.69) is 17.2 Å². The van der Waals surface area contributed by atoms with Crippen LogP contribution in [0, 0.1) is 0 Å². The Labute approximate surface area is 107 Å². The van der Waals surface area contributed by atoms with Gasteiger partial charge in [0.1, 0.15) is 0 Å². The Morgan fingerprint density at radius 2 is 2.11 bits per heavy atom. The highest BCUT2D eigenvalue weighted by Gasteiger charge is 2.10. The third-order valence-corrected chi connectivity index (χ3v) is 2.77. The lowest BCUT2D eigenvalue weighted by Crippen LogP contribution is -2.24. The van der Waals surface area contributed by atoms with Gasteiger partial charge in [0.05, 0.1) is 24.1 Å². The van der Waals surface area contributed by atoms with Gasteiger partial charge in [-0.25, -0.2) is 8.78 Å². The van der Waals surface area contributed by atoms with Crippen LogP contribution in [0.25, 0.3) is 0 Å². The van der Waals surface area contributed by atoms with Gasteiger partial charge in [-0.3, -0.25) is 4.98 Å². The zero-order chi connectivity index (χ0) is 13.5. The van der Waals surface area contributed by atoms with Crippen LogP contribution < -0.4 is 10.2 Å². The summed E-state index contributed by atoms with van der Waals surface area (Å²) in [4.78, 5) is 5.82. The summed E-state index contributed by atoms with van der Waals surface area (Å²) in [6, 6.07) is 3.89. The second kappa shape index (κ2) is 7.26. The van der Waals surface area contributed by atoms with Crippen molar-refractivity contribution in [3.63, 3.8) is 0 Å². The molecule has 0 spiro atoms. The average Bonchev–Trinajstić information content (AvgIpc) is 2.35. The fourth-order valence-electron chi connectivity index (χ4n) is 1.66. The number of aromatic nitrogens is 1. The topological polar surface area (TPSA) is 28.2 Å². The molecule has 0 aliphatic rings. The number of pyridine rings is 1. The first kappa shape index (κ1) is 14.8. The predicted octanol–water partition coefficient (Wildman–Crippen LogP) is 2.84. The van der Waals surface area contributed by atoms with E-state index in [1.165, 1.54) is 4.90 Å². The smallest absolute Gasteiger partial charge is 0.255 e. The Morgan fingerprint density at radius 3 is 2.61 bits per heavy atom. The van der Waals surface area contributed by atoms with Crippen LogP contribution in [-0.2, 0) is 0 Å². The first-order valence-electron chi connectivity index (χ1n) is 6.23. The molecular formula is C13H21F2N3. The molecule has 0 saturated heterocycles. The molecule has 3 nitrogen and oxygen atoms in total. The average molecular weight is 257 g/mol. The van der Waals surface area contributed by atoms with E-state index in [0.29, 0.717) is 5.69 Å². The summed E-state index contributed by atoms with van der Waals surface area (Å²) in [7, 11) is 1.64. The molecule has 0 radical (unpaired) electrons. The van der Waals surface area contributed by atoms with Gasteiger partial charge in [-0.15, -0.1) is 0 Å². The fraction of sp³-hybridized carbons (Fsp3) is 0.615. The first-order chi connectivity index (χ1) is 8.54. The third-order valence-electron chi connectivity index (χ3n) is 2.77. The minimum absolute atomic E-state index is 0.180. The van der Waals surface area contributed by atoms with E-state index in [1.807, 2.05) is 19.1 Å². The molecule has 1 aromatic heterocycles. The number of hydrogen-bond donors (Lipinski definition) is 1. The molecule has 18 heavy (non-hydrogen) atoms. The van der Waals surface area contributed by atoms with Crippen molar-refractivity contribution in [1.82, 2.24) is 10.3 Å². The van der Waals surface area contributed by atoms with Crippen molar-refractivity contribution in [3.05, 3.63) is 24.0 Å². The molecule has 1 N–H and O–H groups in total. The number of halogens is 2. The van der Waals surface area contributed by atoms with Gasteiger partial charge in [-0.1, -0.05) is 6.92 Å². The highest BCUT2D eigenvalue weighted by Crippen LogP contribution is 2.16. The Bertz CT molecular complexity index is 341. The maximum atomic E-state index is 12.2. The predicted molar refractivity (Wildman–Crippen MR) is 70.2 cm³/mol. The van der Waals surface area contributed by atoms with E-state index < -0.39 is 6.43 Å². The molecule has 0 saturated carbocycles. The molecule has 0 fully saturated rings. The lowest BCUT2D eigenvalue weighted by Gasteiger charge is -2.19.